The summed E-state index contributed by atoms with van der Waals surface area (Å²) in [4.78, 5) is 18.7. The molecule has 0 saturated carbocycles. The first kappa shape index (κ1) is 21.5. The molecule has 0 aliphatic heterocycles. The van der Waals surface area contributed by atoms with Crippen molar-refractivity contribution in [1.82, 2.24) is 15.0 Å². The SMILES string of the molecule is COc1ccc(-c2noc(CCCC(=O)Nc3ccc(CCN(C)C)cc3)n2)cc1. The number of rotatable bonds is 10. The predicted octanol–water partition coefficient (Wildman–Crippen LogP) is 3.81. The first-order valence-corrected chi connectivity index (χ1v) is 10.0. The second-order valence-electron chi connectivity index (χ2n) is 7.39. The summed E-state index contributed by atoms with van der Waals surface area (Å²) in [6.45, 7) is 1.00. The van der Waals surface area contributed by atoms with Gasteiger partial charge in [-0.1, -0.05) is 17.3 Å². The lowest BCUT2D eigenvalue weighted by Gasteiger charge is -2.10. The largest absolute Gasteiger partial charge is 0.497 e. The Kier molecular flexibility index (Phi) is 7.57. The Labute approximate surface area is 177 Å². The Balaban J connectivity index is 1.42. The summed E-state index contributed by atoms with van der Waals surface area (Å²) >= 11 is 0. The maximum absolute atomic E-state index is 12.2. The maximum atomic E-state index is 12.2. The van der Waals surface area contributed by atoms with Crippen LogP contribution in [-0.2, 0) is 17.6 Å². The number of aryl methyl sites for hydroxylation is 1. The number of methoxy groups -OCH3 is 1. The van der Waals surface area contributed by atoms with E-state index < -0.39 is 0 Å². The van der Waals surface area contributed by atoms with Gasteiger partial charge in [0.1, 0.15) is 5.75 Å². The molecular formula is C23H28N4O3. The topological polar surface area (TPSA) is 80.5 Å². The third-order valence-corrected chi connectivity index (χ3v) is 4.70. The van der Waals surface area contributed by atoms with Gasteiger partial charge in [-0.3, -0.25) is 4.79 Å². The number of hydrogen-bond acceptors (Lipinski definition) is 6. The van der Waals surface area contributed by atoms with E-state index >= 15 is 0 Å². The number of carbonyl (C=O) groups is 1. The summed E-state index contributed by atoms with van der Waals surface area (Å²) in [5.74, 6) is 1.81. The van der Waals surface area contributed by atoms with Crippen molar-refractivity contribution >= 4 is 11.6 Å². The lowest BCUT2D eigenvalue weighted by molar-refractivity contribution is -0.116. The zero-order valence-corrected chi connectivity index (χ0v) is 17.7. The minimum absolute atomic E-state index is 0.0223. The van der Waals surface area contributed by atoms with Gasteiger partial charge in [0.05, 0.1) is 7.11 Å². The molecule has 3 aromatic rings. The average Bonchev–Trinajstić information content (AvgIpc) is 3.22. The molecular weight excluding hydrogens is 380 g/mol. The fourth-order valence-corrected chi connectivity index (χ4v) is 2.94. The van der Waals surface area contributed by atoms with E-state index in [1.807, 2.05) is 36.4 Å². The number of ether oxygens (including phenoxy) is 1. The van der Waals surface area contributed by atoms with Crippen LogP contribution < -0.4 is 10.1 Å². The number of amides is 1. The highest BCUT2D eigenvalue weighted by Crippen LogP contribution is 2.20. The van der Waals surface area contributed by atoms with Crippen molar-refractivity contribution in [3.8, 4) is 17.1 Å². The predicted molar refractivity (Wildman–Crippen MR) is 117 cm³/mol. The van der Waals surface area contributed by atoms with Crippen molar-refractivity contribution in [2.75, 3.05) is 33.1 Å². The van der Waals surface area contributed by atoms with E-state index in [-0.39, 0.29) is 5.91 Å². The second-order valence-corrected chi connectivity index (χ2v) is 7.39. The van der Waals surface area contributed by atoms with Gasteiger partial charge in [0.2, 0.25) is 17.6 Å². The molecule has 0 bridgehead atoms. The van der Waals surface area contributed by atoms with Crippen molar-refractivity contribution in [1.29, 1.82) is 0 Å². The van der Waals surface area contributed by atoms with Crippen molar-refractivity contribution in [2.24, 2.45) is 0 Å². The molecule has 1 amide bonds. The van der Waals surface area contributed by atoms with Crippen LogP contribution in [0.25, 0.3) is 11.4 Å². The van der Waals surface area contributed by atoms with Gasteiger partial charge >= 0.3 is 0 Å². The van der Waals surface area contributed by atoms with Gasteiger partial charge in [-0.2, -0.15) is 4.98 Å². The molecule has 0 aliphatic carbocycles. The number of carbonyl (C=O) groups excluding carboxylic acids is 1. The van der Waals surface area contributed by atoms with E-state index in [1.54, 1.807) is 7.11 Å². The molecule has 30 heavy (non-hydrogen) atoms. The van der Waals surface area contributed by atoms with Crippen molar-refractivity contribution in [3.63, 3.8) is 0 Å². The third kappa shape index (κ3) is 6.42. The minimum atomic E-state index is -0.0223. The molecule has 0 saturated heterocycles. The van der Waals surface area contributed by atoms with Crippen LogP contribution in [0.15, 0.2) is 53.1 Å². The standard InChI is InChI=1S/C23H28N4O3/c1-27(2)16-15-17-7-11-19(12-8-17)24-21(28)5-4-6-22-25-23(26-30-22)18-9-13-20(29-3)14-10-18/h7-14H,4-6,15-16H2,1-3H3,(H,24,28). The third-order valence-electron chi connectivity index (χ3n) is 4.70. The second kappa shape index (κ2) is 10.5. The van der Waals surface area contributed by atoms with Gasteiger partial charge < -0.3 is 19.5 Å². The molecule has 158 valence electrons. The molecule has 0 unspecified atom stereocenters. The van der Waals surface area contributed by atoms with Gasteiger partial charge in [0, 0.05) is 30.6 Å². The van der Waals surface area contributed by atoms with Crippen LogP contribution >= 0.6 is 0 Å². The fourth-order valence-electron chi connectivity index (χ4n) is 2.94. The number of nitrogens with zero attached hydrogens (tertiary/aromatic N) is 3. The van der Waals surface area contributed by atoms with Crippen molar-refractivity contribution in [3.05, 3.63) is 60.0 Å². The van der Waals surface area contributed by atoms with Gasteiger partial charge in [-0.15, -0.1) is 0 Å². The minimum Gasteiger partial charge on any atom is -0.497 e. The van der Waals surface area contributed by atoms with Crippen LogP contribution in [0.3, 0.4) is 0 Å². The average molecular weight is 409 g/mol. The summed E-state index contributed by atoms with van der Waals surface area (Å²) < 4.78 is 10.5. The Hall–Kier alpha value is -3.19. The van der Waals surface area contributed by atoms with Gasteiger partial charge in [-0.25, -0.2) is 0 Å². The van der Waals surface area contributed by atoms with E-state index in [4.69, 9.17) is 9.26 Å². The number of benzene rings is 2. The molecule has 0 radical (unpaired) electrons. The highest BCUT2D eigenvalue weighted by Gasteiger charge is 2.10. The Morgan fingerprint density at radius 1 is 1.07 bits per heavy atom. The van der Waals surface area contributed by atoms with Crippen LogP contribution in [0.1, 0.15) is 24.3 Å². The smallest absolute Gasteiger partial charge is 0.226 e. The first-order chi connectivity index (χ1) is 14.5. The number of hydrogen-bond donors (Lipinski definition) is 1. The van der Waals surface area contributed by atoms with Crippen LogP contribution in [0, 0.1) is 0 Å². The summed E-state index contributed by atoms with van der Waals surface area (Å²) in [6, 6.07) is 15.5. The van der Waals surface area contributed by atoms with E-state index in [0.717, 1.165) is 30.0 Å². The van der Waals surface area contributed by atoms with Crippen LogP contribution in [0.5, 0.6) is 5.75 Å². The maximum Gasteiger partial charge on any atom is 0.226 e. The van der Waals surface area contributed by atoms with Gasteiger partial charge in [0.25, 0.3) is 0 Å². The zero-order chi connectivity index (χ0) is 21.3. The number of anilines is 1. The fraction of sp³-hybridized carbons (Fsp3) is 0.348. The zero-order valence-electron chi connectivity index (χ0n) is 17.7. The number of likely N-dealkylation sites (N-methyl/N-ethyl adjacent to an activating group) is 1. The summed E-state index contributed by atoms with van der Waals surface area (Å²) in [7, 11) is 5.74. The molecule has 0 fully saturated rings. The van der Waals surface area contributed by atoms with Crippen LogP contribution in [0.2, 0.25) is 0 Å². The summed E-state index contributed by atoms with van der Waals surface area (Å²) in [6.07, 6.45) is 2.57. The van der Waals surface area contributed by atoms with Gasteiger partial charge in [-0.05, 0) is 68.9 Å². The molecule has 0 spiro atoms. The van der Waals surface area contributed by atoms with Crippen LogP contribution in [-0.4, -0.2) is 48.7 Å². The van der Waals surface area contributed by atoms with Crippen molar-refractivity contribution < 1.29 is 14.1 Å². The number of aromatic nitrogens is 2. The molecule has 1 aromatic heterocycles. The summed E-state index contributed by atoms with van der Waals surface area (Å²) in [5.41, 5.74) is 2.93. The molecule has 7 nitrogen and oxygen atoms in total. The molecule has 2 aromatic carbocycles. The monoisotopic (exact) mass is 408 g/mol. The lowest BCUT2D eigenvalue weighted by atomic mass is 10.1. The molecule has 0 aliphatic rings. The Morgan fingerprint density at radius 3 is 2.47 bits per heavy atom. The van der Waals surface area contributed by atoms with Gasteiger partial charge in [0.15, 0.2) is 0 Å². The molecule has 3 rings (SSSR count). The Morgan fingerprint density at radius 2 is 1.80 bits per heavy atom. The van der Waals surface area contributed by atoms with E-state index in [0.29, 0.717) is 31.0 Å². The Bertz CT molecular complexity index is 934. The highest BCUT2D eigenvalue weighted by molar-refractivity contribution is 5.90. The quantitative estimate of drug-likeness (QED) is 0.549. The molecule has 1 heterocycles. The molecule has 1 N–H and O–H groups in total. The summed E-state index contributed by atoms with van der Waals surface area (Å²) in [5, 5.41) is 6.95. The lowest BCUT2D eigenvalue weighted by Crippen LogP contribution is -2.15. The van der Waals surface area contributed by atoms with E-state index in [9.17, 15) is 4.79 Å². The van der Waals surface area contributed by atoms with Crippen LogP contribution in [0.4, 0.5) is 5.69 Å². The number of nitrogens with one attached hydrogen (secondary N) is 1. The first-order valence-electron chi connectivity index (χ1n) is 10.0. The van der Waals surface area contributed by atoms with E-state index in [2.05, 4.69) is 46.6 Å². The molecule has 0 atom stereocenters. The van der Waals surface area contributed by atoms with Crippen molar-refractivity contribution in [2.45, 2.75) is 25.7 Å². The normalized spacial score (nSPS) is 10.9. The van der Waals surface area contributed by atoms with E-state index in [1.165, 1.54) is 5.56 Å². The molecule has 7 heteroatoms. The highest BCUT2D eigenvalue weighted by atomic mass is 16.5.